The SMILES string of the molecule is CC.CC.CCCCCCCCCCCCCCCCCc1c(N(C)C)c(N(C)C)c2sc3cc(N(C)C)ccc3nc-2c1=[N+](C)C. The van der Waals surface area contributed by atoms with Gasteiger partial charge in [-0.15, -0.1) is 11.3 Å². The highest BCUT2D eigenvalue weighted by atomic mass is 32.1. The van der Waals surface area contributed by atoms with Gasteiger partial charge in [0.2, 0.25) is 5.36 Å². The van der Waals surface area contributed by atoms with E-state index in [0.29, 0.717) is 0 Å². The summed E-state index contributed by atoms with van der Waals surface area (Å²) in [7, 11) is 17.3. The van der Waals surface area contributed by atoms with Crippen LogP contribution in [0.1, 0.15) is 136 Å². The molecule has 0 atom stereocenters. The second-order valence-corrected chi connectivity index (χ2v) is 14.4. The molecule has 1 aliphatic carbocycles. The molecule has 6 heteroatoms. The summed E-state index contributed by atoms with van der Waals surface area (Å²) < 4.78 is 3.53. The maximum absolute atomic E-state index is 5.33. The third-order valence-electron chi connectivity index (χ3n) is 8.73. The van der Waals surface area contributed by atoms with E-state index in [1.54, 1.807) is 0 Å². The molecule has 5 nitrogen and oxygen atoms in total. The summed E-state index contributed by atoms with van der Waals surface area (Å²) >= 11 is 1.87. The zero-order valence-corrected chi connectivity index (χ0v) is 34.0. The van der Waals surface area contributed by atoms with Crippen molar-refractivity contribution in [3.63, 3.8) is 0 Å². The van der Waals surface area contributed by atoms with Crippen LogP contribution in [-0.4, -0.2) is 61.4 Å². The van der Waals surface area contributed by atoms with E-state index in [-0.39, 0.29) is 0 Å². The summed E-state index contributed by atoms with van der Waals surface area (Å²) in [6, 6.07) is 6.64. The van der Waals surface area contributed by atoms with Crippen molar-refractivity contribution in [2.45, 2.75) is 137 Å². The average Bonchev–Trinajstić information content (AvgIpc) is 3.05. The number of anilines is 3. The Kier molecular flexibility index (Phi) is 21.7. The Hall–Kier alpha value is -2.34. The maximum Gasteiger partial charge on any atom is 0.232 e. The molecule has 0 amide bonds. The summed E-state index contributed by atoms with van der Waals surface area (Å²) in [6.07, 6.45) is 22.0. The lowest BCUT2D eigenvalue weighted by molar-refractivity contribution is 0.532. The first-order valence-electron chi connectivity index (χ1n) is 19.1. The normalized spacial score (nSPS) is 10.7. The molecule has 0 radical (unpaired) electrons. The van der Waals surface area contributed by atoms with Gasteiger partial charge in [0.25, 0.3) is 0 Å². The Morgan fingerprint density at radius 1 is 0.617 bits per heavy atom. The van der Waals surface area contributed by atoms with Crippen molar-refractivity contribution in [2.24, 2.45) is 0 Å². The van der Waals surface area contributed by atoms with Gasteiger partial charge in [-0.05, 0) is 31.0 Å². The molecule has 0 unspecified atom stereocenters. The van der Waals surface area contributed by atoms with Crippen molar-refractivity contribution >= 4 is 38.6 Å². The zero-order chi connectivity index (χ0) is 35.4. The number of hydrogen-bond acceptors (Lipinski definition) is 5. The molecule has 1 aromatic carbocycles. The first-order chi connectivity index (χ1) is 22.7. The Balaban J connectivity index is 0.00000265. The fourth-order valence-electron chi connectivity index (χ4n) is 6.40. The molecule has 0 fully saturated rings. The quantitative estimate of drug-likeness (QED) is 0.0721. The predicted molar refractivity (Wildman–Crippen MR) is 218 cm³/mol. The van der Waals surface area contributed by atoms with E-state index in [1.165, 1.54) is 134 Å². The molecular weight excluding hydrogens is 595 g/mol. The first kappa shape index (κ1) is 42.7. The molecule has 0 saturated heterocycles. The van der Waals surface area contributed by atoms with E-state index in [2.05, 4.69) is 101 Å². The van der Waals surface area contributed by atoms with Crippen LogP contribution in [0.15, 0.2) is 18.2 Å². The molecule has 1 aromatic rings. The maximum atomic E-state index is 5.33. The lowest BCUT2D eigenvalue weighted by atomic mass is 9.97. The molecule has 0 saturated carbocycles. The average molecular weight is 669 g/mol. The monoisotopic (exact) mass is 669 g/mol. The van der Waals surface area contributed by atoms with Crippen LogP contribution < -0.4 is 24.6 Å². The standard InChI is InChI=1S/C37H62N5S.2C2H6/c1-10-11-12-13-14-15-16-17-18-19-20-21-22-23-24-25-30-34(40(4)5)33-37(36(42(8)9)35(30)41(6)7)43-32-28-29(39(2)3)26-27-31(32)38-33;2*1-2/h26-28H,10-25H2,1-9H3;2*1-2H3/q+1;;. The summed E-state index contributed by atoms with van der Waals surface area (Å²) in [5.41, 5.74) is 7.48. The van der Waals surface area contributed by atoms with E-state index < -0.39 is 0 Å². The summed E-state index contributed by atoms with van der Waals surface area (Å²) in [6.45, 7) is 10.3. The van der Waals surface area contributed by atoms with E-state index >= 15 is 0 Å². The second-order valence-electron chi connectivity index (χ2n) is 13.3. The van der Waals surface area contributed by atoms with Gasteiger partial charge in [-0.3, -0.25) is 0 Å². The van der Waals surface area contributed by atoms with Crippen molar-refractivity contribution in [1.82, 2.24) is 9.56 Å². The van der Waals surface area contributed by atoms with Crippen molar-refractivity contribution < 1.29 is 0 Å². The summed E-state index contributed by atoms with van der Waals surface area (Å²) in [5, 5.41) is 1.28. The van der Waals surface area contributed by atoms with Gasteiger partial charge < -0.3 is 14.7 Å². The van der Waals surface area contributed by atoms with E-state index in [0.717, 1.165) is 17.6 Å². The third-order valence-corrected chi connectivity index (χ3v) is 9.86. The minimum Gasteiger partial charge on any atom is -0.378 e. The van der Waals surface area contributed by atoms with Crippen molar-refractivity contribution in [2.75, 3.05) is 71.1 Å². The first-order valence-corrected chi connectivity index (χ1v) is 19.9. The van der Waals surface area contributed by atoms with E-state index in [4.69, 9.17) is 4.98 Å². The molecule has 2 aliphatic rings. The molecule has 0 aromatic heterocycles. The largest absolute Gasteiger partial charge is 0.378 e. The predicted octanol–water partition coefficient (Wildman–Crippen LogP) is 11.1. The molecular formula is C41H74N5S+. The van der Waals surface area contributed by atoms with Crippen molar-refractivity contribution in [1.29, 1.82) is 0 Å². The van der Waals surface area contributed by atoms with Crippen LogP contribution in [0.25, 0.3) is 20.8 Å². The number of fused-ring (bicyclic) bond motifs is 2. The number of aromatic nitrogens is 1. The molecule has 1 aliphatic heterocycles. The number of rotatable bonds is 19. The summed E-state index contributed by atoms with van der Waals surface area (Å²) in [4.78, 5) is 13.4. The van der Waals surface area contributed by atoms with Crippen LogP contribution >= 0.6 is 11.3 Å². The Morgan fingerprint density at radius 3 is 1.51 bits per heavy atom. The Labute approximate surface area is 295 Å². The highest BCUT2D eigenvalue weighted by Gasteiger charge is 2.29. The van der Waals surface area contributed by atoms with Crippen LogP contribution in [0.4, 0.5) is 17.1 Å². The fraction of sp³-hybridized carbons (Fsp3) is 0.707. The van der Waals surface area contributed by atoms with Crippen LogP contribution in [0.5, 0.6) is 0 Å². The molecule has 268 valence electrons. The number of nitrogens with zero attached hydrogens (tertiary/aromatic N) is 5. The Bertz CT molecular complexity index is 1300. The number of benzene rings is 2. The van der Waals surface area contributed by atoms with Gasteiger partial charge in [-0.25, -0.2) is 9.56 Å². The molecule has 0 bridgehead atoms. The smallest absolute Gasteiger partial charge is 0.232 e. The minimum absolute atomic E-state index is 1.08. The van der Waals surface area contributed by atoms with Gasteiger partial charge >= 0.3 is 0 Å². The van der Waals surface area contributed by atoms with Gasteiger partial charge in [-0.1, -0.05) is 125 Å². The van der Waals surface area contributed by atoms with Gasteiger partial charge in [-0.2, -0.15) is 0 Å². The summed E-state index contributed by atoms with van der Waals surface area (Å²) in [5.74, 6) is 0. The third kappa shape index (κ3) is 13.2. The van der Waals surface area contributed by atoms with Crippen molar-refractivity contribution in [3.05, 3.63) is 29.1 Å². The number of unbranched alkanes of at least 4 members (excludes halogenated alkanes) is 14. The Morgan fingerprint density at radius 2 is 1.09 bits per heavy atom. The van der Waals surface area contributed by atoms with Crippen LogP contribution in [0.3, 0.4) is 0 Å². The zero-order valence-electron chi connectivity index (χ0n) is 33.2. The van der Waals surface area contributed by atoms with Crippen LogP contribution in [0.2, 0.25) is 0 Å². The molecule has 1 heterocycles. The van der Waals surface area contributed by atoms with Gasteiger partial charge in [0.1, 0.15) is 14.1 Å². The molecule has 47 heavy (non-hydrogen) atoms. The van der Waals surface area contributed by atoms with Gasteiger partial charge in [0.05, 0.1) is 32.0 Å². The number of hydrogen-bond donors (Lipinski definition) is 0. The van der Waals surface area contributed by atoms with E-state index in [1.807, 2.05) is 39.0 Å². The fourth-order valence-corrected chi connectivity index (χ4v) is 7.63. The molecule has 3 rings (SSSR count). The highest BCUT2D eigenvalue weighted by Crippen LogP contribution is 2.44. The highest BCUT2D eigenvalue weighted by molar-refractivity contribution is 7.22. The topological polar surface area (TPSA) is 25.6 Å². The van der Waals surface area contributed by atoms with Gasteiger partial charge in [0, 0.05) is 48.0 Å². The molecule has 0 spiro atoms. The molecule has 0 N–H and O–H groups in total. The van der Waals surface area contributed by atoms with Gasteiger partial charge in [0.15, 0.2) is 5.69 Å². The minimum atomic E-state index is 1.08. The van der Waals surface area contributed by atoms with Crippen LogP contribution in [0, 0.1) is 0 Å². The lowest BCUT2D eigenvalue weighted by Crippen LogP contribution is -2.33. The van der Waals surface area contributed by atoms with Crippen LogP contribution in [-0.2, 0) is 6.42 Å². The van der Waals surface area contributed by atoms with E-state index in [9.17, 15) is 0 Å². The second kappa shape index (κ2) is 23.9. The van der Waals surface area contributed by atoms with Crippen molar-refractivity contribution in [3.8, 4) is 10.6 Å². The lowest BCUT2D eigenvalue weighted by Gasteiger charge is -2.28.